The predicted molar refractivity (Wildman–Crippen MR) is 287 cm³/mol. The highest BCUT2D eigenvalue weighted by molar-refractivity contribution is 6.13. The fourth-order valence-electron chi connectivity index (χ4n) is 10.2. The molecule has 0 atom stereocenters. The lowest BCUT2D eigenvalue weighted by molar-refractivity contribution is 0.668. The molecule has 5 heteroatoms. The Morgan fingerprint density at radius 1 is 0.174 bits per heavy atom. The van der Waals surface area contributed by atoms with Crippen LogP contribution in [0.3, 0.4) is 0 Å². The molecule has 0 aliphatic heterocycles. The van der Waals surface area contributed by atoms with E-state index in [9.17, 15) is 0 Å². The van der Waals surface area contributed by atoms with Crippen molar-refractivity contribution in [2.45, 2.75) is 27.7 Å². The molecular weight excluding hydrogens is 849 g/mol. The summed E-state index contributed by atoms with van der Waals surface area (Å²) in [5.74, 6) is 0. The van der Waals surface area contributed by atoms with Gasteiger partial charge < -0.3 is 22.1 Å². The highest BCUT2D eigenvalue weighted by atomic mass is 16.3. The lowest BCUT2D eigenvalue weighted by Crippen LogP contribution is -1.80. The minimum absolute atomic E-state index is 0.855. The minimum atomic E-state index is 0.855. The summed E-state index contributed by atoms with van der Waals surface area (Å²) < 4.78 is 31.4. The molecule has 0 saturated heterocycles. The van der Waals surface area contributed by atoms with Crippen LogP contribution in [0.1, 0.15) is 27.7 Å². The SMILES string of the molecule is CC.CC.c1ccc2c(c1)oc1ccc(-c3ccc4oc5ccc(-c6ccc7oc8ccc(-c9ccc%10oc%11ccc(-c%12ccc%13oc%14ccccc%14c%13c%12)cc%11c%10c9)cc8c7c6)cc5c4c3)cc12. The standard InChI is InChI=1S/C60H32O5.2C2H6/c1-3-7-51-41(5-1)43-25-33(9-17-53(43)61-51)35-11-19-55-45(27-35)47-29-37(13-21-57(47)63-55)39-15-23-59-49(31-39)50-32-40(16-24-60(50)65-59)38-14-22-58-48(30-38)46-28-36(12-20-56(46)64-58)34-10-18-54-44(26-34)42-6-2-4-8-52(42)62-54;2*1-2/h1-32H;2*1-2H3. The Morgan fingerprint density at radius 3 is 0.536 bits per heavy atom. The molecule has 5 nitrogen and oxygen atoms in total. The molecule has 0 aliphatic rings. The van der Waals surface area contributed by atoms with Crippen LogP contribution < -0.4 is 0 Å². The van der Waals surface area contributed by atoms with E-state index < -0.39 is 0 Å². The molecule has 5 aromatic heterocycles. The van der Waals surface area contributed by atoms with Crippen molar-refractivity contribution in [1.29, 1.82) is 0 Å². The molecule has 0 N–H and O–H groups in total. The van der Waals surface area contributed by atoms with Crippen molar-refractivity contribution in [1.82, 2.24) is 0 Å². The van der Waals surface area contributed by atoms with Crippen LogP contribution in [0.4, 0.5) is 0 Å². The number of hydrogen-bond donors (Lipinski definition) is 0. The van der Waals surface area contributed by atoms with Crippen LogP contribution >= 0.6 is 0 Å². The molecule has 0 bridgehead atoms. The van der Waals surface area contributed by atoms with Gasteiger partial charge in [-0.3, -0.25) is 0 Å². The molecule has 0 aliphatic carbocycles. The van der Waals surface area contributed by atoms with E-state index in [-0.39, 0.29) is 0 Å². The monoisotopic (exact) mass is 892 g/mol. The van der Waals surface area contributed by atoms with Gasteiger partial charge in [0, 0.05) is 53.9 Å². The lowest BCUT2D eigenvalue weighted by atomic mass is 9.97. The van der Waals surface area contributed by atoms with Gasteiger partial charge in [0.15, 0.2) is 0 Å². The first-order chi connectivity index (χ1) is 34.1. The molecule has 0 saturated carbocycles. The van der Waals surface area contributed by atoms with Crippen molar-refractivity contribution >= 4 is 110 Å². The van der Waals surface area contributed by atoms with Gasteiger partial charge in [0.2, 0.25) is 0 Å². The van der Waals surface area contributed by atoms with Gasteiger partial charge in [-0.25, -0.2) is 0 Å². The van der Waals surface area contributed by atoms with Crippen molar-refractivity contribution < 1.29 is 22.1 Å². The highest BCUT2D eigenvalue weighted by Gasteiger charge is 2.17. The molecular formula is C64H44O5. The fourth-order valence-corrected chi connectivity index (χ4v) is 10.2. The molecule has 69 heavy (non-hydrogen) atoms. The van der Waals surface area contributed by atoms with Gasteiger partial charge in [-0.05, 0) is 154 Å². The zero-order valence-corrected chi connectivity index (χ0v) is 38.5. The summed E-state index contributed by atoms with van der Waals surface area (Å²) in [4.78, 5) is 0. The number of fused-ring (bicyclic) bond motifs is 15. The van der Waals surface area contributed by atoms with E-state index in [1.54, 1.807) is 0 Å². The van der Waals surface area contributed by atoms with Crippen LogP contribution in [0, 0.1) is 0 Å². The molecule has 0 fully saturated rings. The van der Waals surface area contributed by atoms with Crippen LogP contribution in [0.5, 0.6) is 0 Å². The number of rotatable bonds is 4. The summed E-state index contributed by atoms with van der Waals surface area (Å²) in [5.41, 5.74) is 17.7. The molecule has 15 rings (SSSR count). The Labute approximate surface area is 396 Å². The Balaban J connectivity index is 0.00000114. The molecule has 330 valence electrons. The average molecular weight is 893 g/mol. The second kappa shape index (κ2) is 15.9. The van der Waals surface area contributed by atoms with E-state index in [1.807, 2.05) is 52.0 Å². The Hall–Kier alpha value is -8.80. The molecule has 15 aromatic rings. The first kappa shape index (κ1) is 40.5. The third-order valence-corrected chi connectivity index (χ3v) is 13.5. The van der Waals surface area contributed by atoms with Crippen LogP contribution in [0.15, 0.2) is 216 Å². The van der Waals surface area contributed by atoms with Crippen LogP contribution in [0.2, 0.25) is 0 Å². The molecule has 10 aromatic carbocycles. The molecule has 0 unspecified atom stereocenters. The van der Waals surface area contributed by atoms with Crippen molar-refractivity contribution in [2.24, 2.45) is 0 Å². The van der Waals surface area contributed by atoms with Crippen LogP contribution in [-0.2, 0) is 0 Å². The Kier molecular flexibility index (Phi) is 9.34. The van der Waals surface area contributed by atoms with E-state index in [4.69, 9.17) is 22.1 Å². The Bertz CT molecular complexity index is 4200. The maximum atomic E-state index is 6.42. The summed E-state index contributed by atoms with van der Waals surface area (Å²) in [5, 5.41) is 10.9. The van der Waals surface area contributed by atoms with Gasteiger partial charge in [-0.2, -0.15) is 0 Å². The van der Waals surface area contributed by atoms with E-state index in [0.29, 0.717) is 0 Å². The average Bonchev–Trinajstić information content (AvgIpc) is 4.24. The van der Waals surface area contributed by atoms with Gasteiger partial charge in [-0.15, -0.1) is 0 Å². The lowest BCUT2D eigenvalue weighted by Gasteiger charge is -2.05. The first-order valence-electron chi connectivity index (χ1n) is 23.9. The van der Waals surface area contributed by atoms with Gasteiger partial charge >= 0.3 is 0 Å². The smallest absolute Gasteiger partial charge is 0.135 e. The van der Waals surface area contributed by atoms with E-state index >= 15 is 0 Å². The molecule has 0 radical (unpaired) electrons. The van der Waals surface area contributed by atoms with Gasteiger partial charge in [0.25, 0.3) is 0 Å². The first-order valence-corrected chi connectivity index (χ1v) is 23.9. The maximum Gasteiger partial charge on any atom is 0.135 e. The summed E-state index contributed by atoms with van der Waals surface area (Å²) in [7, 11) is 0. The highest BCUT2D eigenvalue weighted by Crippen LogP contribution is 2.41. The van der Waals surface area contributed by atoms with E-state index in [2.05, 4.69) is 170 Å². The van der Waals surface area contributed by atoms with Crippen LogP contribution in [-0.4, -0.2) is 0 Å². The third kappa shape index (κ3) is 6.46. The fraction of sp³-hybridized carbons (Fsp3) is 0.0625. The van der Waals surface area contributed by atoms with Gasteiger partial charge in [-0.1, -0.05) is 113 Å². The minimum Gasteiger partial charge on any atom is -0.456 e. The van der Waals surface area contributed by atoms with Crippen LogP contribution in [0.25, 0.3) is 154 Å². The number of furan rings is 5. The number of benzene rings is 10. The predicted octanol–water partition coefficient (Wildman–Crippen LogP) is 19.9. The second-order valence-corrected chi connectivity index (χ2v) is 17.2. The molecule has 0 amide bonds. The largest absolute Gasteiger partial charge is 0.456 e. The zero-order chi connectivity index (χ0) is 46.3. The van der Waals surface area contributed by atoms with E-state index in [1.165, 1.54) is 0 Å². The Morgan fingerprint density at radius 2 is 0.333 bits per heavy atom. The van der Waals surface area contributed by atoms with Crippen molar-refractivity contribution in [3.8, 4) is 44.5 Å². The summed E-state index contributed by atoms with van der Waals surface area (Å²) in [6.45, 7) is 8.00. The normalized spacial score (nSPS) is 11.8. The molecule has 5 heterocycles. The number of hydrogen-bond acceptors (Lipinski definition) is 5. The maximum absolute atomic E-state index is 6.42. The van der Waals surface area contributed by atoms with Crippen molar-refractivity contribution in [2.75, 3.05) is 0 Å². The summed E-state index contributed by atoms with van der Waals surface area (Å²) >= 11 is 0. The summed E-state index contributed by atoms with van der Waals surface area (Å²) in [6.07, 6.45) is 0. The zero-order valence-electron chi connectivity index (χ0n) is 38.5. The van der Waals surface area contributed by atoms with Gasteiger partial charge in [0.1, 0.15) is 55.8 Å². The third-order valence-electron chi connectivity index (χ3n) is 13.5. The summed E-state index contributed by atoms with van der Waals surface area (Å²) in [6, 6.07) is 68.1. The quantitative estimate of drug-likeness (QED) is 0.176. The van der Waals surface area contributed by atoms with E-state index in [0.717, 1.165) is 154 Å². The topological polar surface area (TPSA) is 65.7 Å². The number of para-hydroxylation sites is 2. The second-order valence-electron chi connectivity index (χ2n) is 17.2. The van der Waals surface area contributed by atoms with Gasteiger partial charge in [0.05, 0.1) is 0 Å². The van der Waals surface area contributed by atoms with Crippen molar-refractivity contribution in [3.63, 3.8) is 0 Å². The van der Waals surface area contributed by atoms with Crippen molar-refractivity contribution in [3.05, 3.63) is 194 Å². The molecule has 0 spiro atoms.